The second kappa shape index (κ2) is 6.58. The molecule has 2 atom stereocenters. The molecule has 6 nitrogen and oxygen atoms in total. The number of rotatable bonds is 6. The van der Waals surface area contributed by atoms with E-state index in [1.165, 1.54) is 0 Å². The number of aromatic nitrogens is 4. The van der Waals surface area contributed by atoms with Crippen LogP contribution in [0.15, 0.2) is 24.8 Å². The second-order valence-electron chi connectivity index (χ2n) is 5.99. The lowest BCUT2D eigenvalue weighted by Crippen LogP contribution is -2.37. The molecule has 3 rings (SSSR count). The van der Waals surface area contributed by atoms with E-state index in [-0.39, 0.29) is 6.04 Å². The second-order valence-corrected chi connectivity index (χ2v) is 5.99. The Bertz CT molecular complexity index is 607. The summed E-state index contributed by atoms with van der Waals surface area (Å²) in [7, 11) is 3.90. The molecule has 1 saturated heterocycles. The van der Waals surface area contributed by atoms with Crippen molar-refractivity contribution in [2.45, 2.75) is 31.7 Å². The van der Waals surface area contributed by atoms with Crippen molar-refractivity contribution < 1.29 is 4.39 Å². The molecule has 1 aliphatic rings. The van der Waals surface area contributed by atoms with Crippen molar-refractivity contribution in [2.75, 3.05) is 13.1 Å². The molecule has 0 aromatic carbocycles. The van der Waals surface area contributed by atoms with E-state index in [1.54, 1.807) is 12.5 Å². The van der Waals surface area contributed by atoms with Crippen LogP contribution in [0.5, 0.6) is 0 Å². The van der Waals surface area contributed by atoms with Gasteiger partial charge in [-0.3, -0.25) is 9.58 Å². The van der Waals surface area contributed by atoms with Crippen molar-refractivity contribution >= 4 is 0 Å². The van der Waals surface area contributed by atoms with Crippen molar-refractivity contribution in [3.8, 4) is 0 Å². The SMILES string of the molecule is Cn1cncc1CNC[C@@H]1C[C@H](F)CN1Cc1ccnn1C. The number of hydrogen-bond donors (Lipinski definition) is 1. The van der Waals surface area contributed by atoms with Crippen LogP contribution in [-0.2, 0) is 27.2 Å². The first-order valence-corrected chi connectivity index (χ1v) is 7.64. The molecule has 0 saturated carbocycles. The third-order valence-corrected chi connectivity index (χ3v) is 4.37. The summed E-state index contributed by atoms with van der Waals surface area (Å²) < 4.78 is 17.7. The van der Waals surface area contributed by atoms with Gasteiger partial charge >= 0.3 is 0 Å². The number of aryl methyl sites for hydroxylation is 2. The molecule has 0 spiro atoms. The first kappa shape index (κ1) is 15.2. The van der Waals surface area contributed by atoms with Crippen LogP contribution >= 0.6 is 0 Å². The van der Waals surface area contributed by atoms with Crippen LogP contribution in [-0.4, -0.2) is 49.5 Å². The van der Waals surface area contributed by atoms with E-state index in [1.807, 2.05) is 35.6 Å². The highest BCUT2D eigenvalue weighted by molar-refractivity contribution is 5.02. The fourth-order valence-corrected chi connectivity index (χ4v) is 3.01. The van der Waals surface area contributed by atoms with E-state index >= 15 is 0 Å². The topological polar surface area (TPSA) is 50.9 Å². The minimum atomic E-state index is -0.739. The molecule has 1 fully saturated rings. The highest BCUT2D eigenvalue weighted by atomic mass is 19.1. The molecule has 1 aliphatic heterocycles. The lowest BCUT2D eigenvalue weighted by molar-refractivity contribution is 0.224. The van der Waals surface area contributed by atoms with E-state index in [4.69, 9.17) is 0 Å². The van der Waals surface area contributed by atoms with Gasteiger partial charge < -0.3 is 9.88 Å². The number of nitrogens with one attached hydrogen (secondary N) is 1. The Morgan fingerprint density at radius 2 is 2.23 bits per heavy atom. The van der Waals surface area contributed by atoms with Gasteiger partial charge in [0.05, 0.1) is 17.7 Å². The van der Waals surface area contributed by atoms with E-state index in [9.17, 15) is 4.39 Å². The average Bonchev–Trinajstić information content (AvgIpc) is 3.15. The van der Waals surface area contributed by atoms with Crippen molar-refractivity contribution in [1.82, 2.24) is 29.5 Å². The van der Waals surface area contributed by atoms with Crippen LogP contribution in [0.4, 0.5) is 4.39 Å². The predicted molar refractivity (Wildman–Crippen MR) is 81.8 cm³/mol. The maximum absolute atomic E-state index is 13.8. The van der Waals surface area contributed by atoms with Crippen LogP contribution < -0.4 is 5.32 Å². The maximum atomic E-state index is 13.8. The first-order chi connectivity index (χ1) is 10.6. The fraction of sp³-hybridized carbons (Fsp3) is 0.600. The molecule has 120 valence electrons. The fourth-order valence-electron chi connectivity index (χ4n) is 3.01. The molecule has 22 heavy (non-hydrogen) atoms. The van der Waals surface area contributed by atoms with E-state index in [2.05, 4.69) is 20.3 Å². The maximum Gasteiger partial charge on any atom is 0.114 e. The molecular weight excluding hydrogens is 283 g/mol. The Hall–Kier alpha value is -1.73. The predicted octanol–water partition coefficient (Wildman–Crippen LogP) is 0.856. The van der Waals surface area contributed by atoms with Gasteiger partial charge in [-0.05, 0) is 12.5 Å². The molecule has 7 heteroatoms. The van der Waals surface area contributed by atoms with Gasteiger partial charge in [-0.2, -0.15) is 5.10 Å². The minimum Gasteiger partial charge on any atom is -0.337 e. The quantitative estimate of drug-likeness (QED) is 0.860. The summed E-state index contributed by atoms with van der Waals surface area (Å²) in [5, 5.41) is 7.60. The zero-order valence-corrected chi connectivity index (χ0v) is 13.1. The van der Waals surface area contributed by atoms with Crippen LogP contribution in [0.3, 0.4) is 0 Å². The zero-order valence-electron chi connectivity index (χ0n) is 13.1. The van der Waals surface area contributed by atoms with Gasteiger partial charge in [0.25, 0.3) is 0 Å². The normalized spacial score (nSPS) is 22.5. The summed E-state index contributed by atoms with van der Waals surface area (Å²) in [4.78, 5) is 6.31. The van der Waals surface area contributed by atoms with Gasteiger partial charge in [0.2, 0.25) is 0 Å². The highest BCUT2D eigenvalue weighted by Crippen LogP contribution is 2.22. The smallest absolute Gasteiger partial charge is 0.114 e. The lowest BCUT2D eigenvalue weighted by atomic mass is 10.2. The molecule has 0 amide bonds. The van der Waals surface area contributed by atoms with E-state index < -0.39 is 6.17 Å². The van der Waals surface area contributed by atoms with Crippen molar-refractivity contribution in [3.63, 3.8) is 0 Å². The molecular formula is C15H23FN6. The number of halogens is 1. The van der Waals surface area contributed by atoms with Crippen LogP contribution in [0, 0.1) is 0 Å². The molecule has 2 aromatic rings. The number of alkyl halides is 1. The molecule has 0 bridgehead atoms. The minimum absolute atomic E-state index is 0.220. The highest BCUT2D eigenvalue weighted by Gasteiger charge is 2.32. The van der Waals surface area contributed by atoms with E-state index in [0.717, 1.165) is 31.0 Å². The van der Waals surface area contributed by atoms with Crippen LogP contribution in [0.2, 0.25) is 0 Å². The summed E-state index contributed by atoms with van der Waals surface area (Å²) in [6.45, 7) is 2.78. The third-order valence-electron chi connectivity index (χ3n) is 4.37. The Kier molecular flexibility index (Phi) is 4.54. The summed E-state index contributed by atoms with van der Waals surface area (Å²) in [6.07, 6.45) is 5.28. The van der Waals surface area contributed by atoms with E-state index in [0.29, 0.717) is 13.0 Å². The van der Waals surface area contributed by atoms with Gasteiger partial charge in [0.15, 0.2) is 0 Å². The van der Waals surface area contributed by atoms with Crippen molar-refractivity contribution in [2.24, 2.45) is 14.1 Å². The van der Waals surface area contributed by atoms with Gasteiger partial charge in [0.1, 0.15) is 6.17 Å². The standard InChI is InChI=1S/C15H23FN6/c1-20-11-18-8-15(20)7-17-6-14-5-12(16)9-22(14)10-13-3-4-19-21(13)2/h3-4,8,11-12,14,17H,5-7,9-10H2,1-2H3/t12-,14-/m0/s1. The van der Waals surface area contributed by atoms with Gasteiger partial charge in [-0.1, -0.05) is 0 Å². The largest absolute Gasteiger partial charge is 0.337 e. The Labute approximate surface area is 129 Å². The average molecular weight is 306 g/mol. The Morgan fingerprint density at radius 3 is 2.91 bits per heavy atom. The lowest BCUT2D eigenvalue weighted by Gasteiger charge is -2.24. The van der Waals surface area contributed by atoms with Gasteiger partial charge in [-0.25, -0.2) is 9.37 Å². The number of hydrogen-bond acceptors (Lipinski definition) is 4. The zero-order chi connectivity index (χ0) is 15.5. The number of likely N-dealkylation sites (tertiary alicyclic amines) is 1. The summed E-state index contributed by atoms with van der Waals surface area (Å²) >= 11 is 0. The number of nitrogens with zero attached hydrogens (tertiary/aromatic N) is 5. The van der Waals surface area contributed by atoms with Crippen molar-refractivity contribution in [1.29, 1.82) is 0 Å². The molecule has 0 unspecified atom stereocenters. The third kappa shape index (κ3) is 3.36. The summed E-state index contributed by atoms with van der Waals surface area (Å²) in [5.74, 6) is 0. The molecule has 0 aliphatic carbocycles. The van der Waals surface area contributed by atoms with Gasteiger partial charge in [-0.15, -0.1) is 0 Å². The van der Waals surface area contributed by atoms with Crippen LogP contribution in [0.1, 0.15) is 17.8 Å². The number of imidazole rings is 1. The monoisotopic (exact) mass is 306 g/mol. The summed E-state index contributed by atoms with van der Waals surface area (Å²) in [5.41, 5.74) is 2.25. The molecule has 1 N–H and O–H groups in total. The van der Waals surface area contributed by atoms with Crippen LogP contribution in [0.25, 0.3) is 0 Å². The molecule has 3 heterocycles. The molecule has 0 radical (unpaired) electrons. The van der Waals surface area contributed by atoms with Crippen molar-refractivity contribution in [3.05, 3.63) is 36.2 Å². The Morgan fingerprint density at radius 1 is 1.36 bits per heavy atom. The molecule has 2 aromatic heterocycles. The Balaban J connectivity index is 1.54. The first-order valence-electron chi connectivity index (χ1n) is 7.64. The van der Waals surface area contributed by atoms with Gasteiger partial charge in [0, 0.05) is 58.7 Å². The summed E-state index contributed by atoms with van der Waals surface area (Å²) in [6, 6.07) is 2.21.